The Hall–Kier alpha value is -1.39. The molecular weight excluding hydrogens is 286 g/mol. The normalized spacial score (nSPS) is 26.7. The van der Waals surface area contributed by atoms with E-state index in [1.54, 1.807) is 0 Å². The summed E-state index contributed by atoms with van der Waals surface area (Å²) in [6, 6.07) is 10.5. The second kappa shape index (κ2) is 7.93. The van der Waals surface area contributed by atoms with E-state index in [1.807, 2.05) is 18.9 Å². The Balaban J connectivity index is 2.00. The monoisotopic (exact) mass is 317 g/mol. The van der Waals surface area contributed by atoms with Crippen molar-refractivity contribution in [2.75, 3.05) is 20.1 Å². The number of likely N-dealkylation sites (N-methyl/N-ethyl adjacent to an activating group) is 1. The van der Waals surface area contributed by atoms with Gasteiger partial charge in [0, 0.05) is 32.7 Å². The Bertz CT molecular complexity index is 493. The van der Waals surface area contributed by atoms with E-state index in [-0.39, 0.29) is 18.0 Å². The van der Waals surface area contributed by atoms with Gasteiger partial charge in [-0.2, -0.15) is 0 Å². The van der Waals surface area contributed by atoms with E-state index < -0.39 is 0 Å². The summed E-state index contributed by atoms with van der Waals surface area (Å²) in [7, 11) is 1.92. The molecule has 128 valence electrons. The minimum absolute atomic E-state index is 0.0766. The van der Waals surface area contributed by atoms with E-state index >= 15 is 0 Å². The number of amides is 1. The van der Waals surface area contributed by atoms with Crippen molar-refractivity contribution in [2.45, 2.75) is 45.8 Å². The quantitative estimate of drug-likeness (QED) is 0.907. The molecule has 0 radical (unpaired) electrons. The summed E-state index contributed by atoms with van der Waals surface area (Å²) in [4.78, 5) is 16.8. The lowest BCUT2D eigenvalue weighted by molar-refractivity contribution is -0.137. The highest BCUT2D eigenvalue weighted by atomic mass is 16.2. The van der Waals surface area contributed by atoms with Gasteiger partial charge in [0.25, 0.3) is 0 Å². The predicted octanol–water partition coefficient (Wildman–Crippen LogP) is 2.34. The smallest absolute Gasteiger partial charge is 0.239 e. The molecule has 1 heterocycles. The first-order valence-corrected chi connectivity index (χ1v) is 8.72. The number of carbonyl (C=O) groups excluding carboxylic acids is 1. The maximum absolute atomic E-state index is 12.4. The lowest BCUT2D eigenvalue weighted by Gasteiger charge is -2.46. The minimum Gasteiger partial charge on any atom is -0.341 e. The number of nitrogens with two attached hydrogens (primary N) is 1. The largest absolute Gasteiger partial charge is 0.341 e. The van der Waals surface area contributed by atoms with Crippen LogP contribution in [0.4, 0.5) is 0 Å². The summed E-state index contributed by atoms with van der Waals surface area (Å²) >= 11 is 0. The van der Waals surface area contributed by atoms with Crippen LogP contribution in [0.15, 0.2) is 30.3 Å². The maximum atomic E-state index is 12.4. The minimum atomic E-state index is -0.373. The third kappa shape index (κ3) is 4.33. The Morgan fingerprint density at radius 1 is 1.26 bits per heavy atom. The van der Waals surface area contributed by atoms with E-state index in [4.69, 9.17) is 5.73 Å². The molecular formula is C19H31N3O. The molecule has 0 aliphatic carbocycles. The summed E-state index contributed by atoms with van der Waals surface area (Å²) in [5.41, 5.74) is 7.29. The van der Waals surface area contributed by atoms with Crippen LogP contribution in [-0.2, 0) is 11.3 Å². The van der Waals surface area contributed by atoms with Gasteiger partial charge in [-0.1, -0.05) is 51.1 Å². The second-order valence-electron chi connectivity index (χ2n) is 7.09. The van der Waals surface area contributed by atoms with Crippen LogP contribution in [0.2, 0.25) is 0 Å². The van der Waals surface area contributed by atoms with Gasteiger partial charge >= 0.3 is 0 Å². The van der Waals surface area contributed by atoms with Crippen molar-refractivity contribution in [3.05, 3.63) is 35.9 Å². The van der Waals surface area contributed by atoms with Crippen LogP contribution in [0, 0.1) is 11.8 Å². The molecule has 2 N–H and O–H groups in total. The first-order chi connectivity index (χ1) is 10.9. The highest BCUT2D eigenvalue weighted by molar-refractivity contribution is 5.81. The molecule has 2 rings (SSSR count). The maximum Gasteiger partial charge on any atom is 0.239 e. The zero-order valence-corrected chi connectivity index (χ0v) is 14.9. The van der Waals surface area contributed by atoms with Gasteiger partial charge in [-0.15, -0.1) is 0 Å². The lowest BCUT2D eigenvalue weighted by Crippen LogP contribution is -2.57. The lowest BCUT2D eigenvalue weighted by atomic mass is 9.84. The summed E-state index contributed by atoms with van der Waals surface area (Å²) < 4.78 is 0. The molecule has 1 aromatic rings. The number of benzene rings is 1. The van der Waals surface area contributed by atoms with Crippen molar-refractivity contribution in [3.63, 3.8) is 0 Å². The number of piperidine rings is 1. The van der Waals surface area contributed by atoms with E-state index in [2.05, 4.69) is 49.1 Å². The number of hydrogen-bond acceptors (Lipinski definition) is 3. The summed E-state index contributed by atoms with van der Waals surface area (Å²) in [6.45, 7) is 9.48. The van der Waals surface area contributed by atoms with Crippen LogP contribution < -0.4 is 5.73 Å². The Morgan fingerprint density at radius 2 is 1.83 bits per heavy atom. The zero-order chi connectivity index (χ0) is 17.0. The molecule has 3 unspecified atom stereocenters. The first kappa shape index (κ1) is 18.0. The fourth-order valence-electron chi connectivity index (χ4n) is 3.98. The van der Waals surface area contributed by atoms with E-state index in [0.29, 0.717) is 18.3 Å². The van der Waals surface area contributed by atoms with Crippen molar-refractivity contribution in [1.29, 1.82) is 0 Å². The van der Waals surface area contributed by atoms with Gasteiger partial charge in [-0.05, 0) is 23.8 Å². The third-order valence-corrected chi connectivity index (χ3v) is 5.06. The summed E-state index contributed by atoms with van der Waals surface area (Å²) in [5, 5.41) is 0. The van der Waals surface area contributed by atoms with Crippen molar-refractivity contribution < 1.29 is 4.79 Å². The van der Waals surface area contributed by atoms with Gasteiger partial charge in [0.1, 0.15) is 0 Å². The first-order valence-electron chi connectivity index (χ1n) is 8.72. The molecule has 4 heteroatoms. The topological polar surface area (TPSA) is 49.6 Å². The van der Waals surface area contributed by atoms with E-state index in [0.717, 1.165) is 19.6 Å². The second-order valence-corrected chi connectivity index (χ2v) is 7.09. The van der Waals surface area contributed by atoms with Gasteiger partial charge in [-0.3, -0.25) is 9.69 Å². The molecule has 1 aliphatic heterocycles. The molecule has 1 fully saturated rings. The Morgan fingerprint density at radius 3 is 2.35 bits per heavy atom. The van der Waals surface area contributed by atoms with Crippen LogP contribution in [0.1, 0.15) is 32.8 Å². The van der Waals surface area contributed by atoms with Crippen LogP contribution in [0.3, 0.4) is 0 Å². The van der Waals surface area contributed by atoms with Gasteiger partial charge in [0.05, 0.1) is 6.04 Å². The summed E-state index contributed by atoms with van der Waals surface area (Å²) in [5.74, 6) is 0.966. The molecule has 23 heavy (non-hydrogen) atoms. The van der Waals surface area contributed by atoms with Crippen LogP contribution in [-0.4, -0.2) is 47.9 Å². The Labute approximate surface area is 140 Å². The molecule has 0 bridgehead atoms. The molecule has 4 nitrogen and oxygen atoms in total. The number of nitrogens with zero attached hydrogens (tertiary/aromatic N) is 2. The predicted molar refractivity (Wildman–Crippen MR) is 94.9 cm³/mol. The highest BCUT2D eigenvalue weighted by Crippen LogP contribution is 2.27. The van der Waals surface area contributed by atoms with Crippen LogP contribution in [0.25, 0.3) is 0 Å². The van der Waals surface area contributed by atoms with Crippen molar-refractivity contribution in [2.24, 2.45) is 17.6 Å². The average molecular weight is 317 g/mol. The van der Waals surface area contributed by atoms with E-state index in [9.17, 15) is 4.79 Å². The van der Waals surface area contributed by atoms with Crippen molar-refractivity contribution in [1.82, 2.24) is 9.80 Å². The molecule has 1 aliphatic rings. The molecule has 0 saturated carbocycles. The number of likely N-dealkylation sites (tertiary alicyclic amines) is 1. The third-order valence-electron chi connectivity index (χ3n) is 5.06. The van der Waals surface area contributed by atoms with Gasteiger partial charge < -0.3 is 10.6 Å². The SMILES string of the molecule is CCC(N)C(=O)N(C)C1C(C)CN(Cc2ccccc2)CC1C. The highest BCUT2D eigenvalue weighted by Gasteiger charge is 2.37. The molecule has 1 saturated heterocycles. The summed E-state index contributed by atoms with van der Waals surface area (Å²) in [6.07, 6.45) is 0.693. The van der Waals surface area contributed by atoms with Gasteiger partial charge in [0.15, 0.2) is 0 Å². The molecule has 1 amide bonds. The molecule has 3 atom stereocenters. The van der Waals surface area contributed by atoms with Gasteiger partial charge in [0.2, 0.25) is 5.91 Å². The van der Waals surface area contributed by atoms with Gasteiger partial charge in [-0.25, -0.2) is 0 Å². The van der Waals surface area contributed by atoms with Crippen LogP contribution in [0.5, 0.6) is 0 Å². The average Bonchev–Trinajstić information content (AvgIpc) is 2.53. The molecule has 0 spiro atoms. The van der Waals surface area contributed by atoms with Crippen molar-refractivity contribution >= 4 is 5.91 Å². The molecule has 0 aromatic heterocycles. The fraction of sp³-hybridized carbons (Fsp3) is 0.632. The Kier molecular flexibility index (Phi) is 6.19. The number of rotatable bonds is 5. The number of hydrogen-bond donors (Lipinski definition) is 1. The molecule has 1 aromatic carbocycles. The van der Waals surface area contributed by atoms with Crippen molar-refractivity contribution in [3.8, 4) is 0 Å². The standard InChI is InChI=1S/C19H31N3O/c1-5-17(20)19(23)21(4)18-14(2)11-22(12-15(18)3)13-16-9-7-6-8-10-16/h6-10,14-15,17-18H,5,11-13,20H2,1-4H3. The van der Waals surface area contributed by atoms with E-state index in [1.165, 1.54) is 5.56 Å². The fourth-order valence-corrected chi connectivity index (χ4v) is 3.98. The van der Waals surface area contributed by atoms with Crippen LogP contribution >= 0.6 is 0 Å². The number of carbonyl (C=O) groups is 1. The zero-order valence-electron chi connectivity index (χ0n) is 14.9.